The number of halogens is 3. The van der Waals surface area contributed by atoms with Crippen molar-refractivity contribution in [1.29, 1.82) is 0 Å². The second-order valence-electron chi connectivity index (χ2n) is 16.1. The van der Waals surface area contributed by atoms with Crippen LogP contribution in [0.5, 0.6) is 0 Å². The predicted octanol–water partition coefficient (Wildman–Crippen LogP) is 9.96. The Bertz CT molecular complexity index is 2600. The number of anilines is 6. The normalized spacial score (nSPS) is 18.4. The van der Waals surface area contributed by atoms with Crippen LogP contribution in [0.4, 0.5) is 48.0 Å². The molecule has 8 rings (SSSR count). The summed E-state index contributed by atoms with van der Waals surface area (Å²) in [5.74, 6) is -3.85. The number of carbonyl (C=O) groups excluding carboxylic acids is 4. The first-order chi connectivity index (χ1) is 31.0. The maximum Gasteiger partial charge on any atom is 0.320 e. The van der Waals surface area contributed by atoms with E-state index in [-0.39, 0.29) is 60.1 Å². The molecule has 2 saturated carbocycles. The van der Waals surface area contributed by atoms with E-state index in [1.54, 1.807) is 30.3 Å². The molecule has 2 heterocycles. The van der Waals surface area contributed by atoms with Crippen molar-refractivity contribution in [2.45, 2.75) is 76.0 Å². The Morgan fingerprint density at radius 3 is 1.53 bits per heavy atom. The number of nitrogens with zero attached hydrogens (tertiary/aromatic N) is 4. The molecule has 4 aromatic carbocycles. The molecular weight excluding hydrogens is 834 g/mol. The van der Waals surface area contributed by atoms with E-state index in [4.69, 9.17) is 13.6 Å². The van der Waals surface area contributed by atoms with E-state index in [0.29, 0.717) is 23.0 Å². The van der Waals surface area contributed by atoms with Gasteiger partial charge in [0, 0.05) is 36.0 Å². The van der Waals surface area contributed by atoms with Gasteiger partial charge in [-0.05, 0) is 141 Å². The predicted molar refractivity (Wildman–Crippen MR) is 226 cm³/mol. The fourth-order valence-corrected chi connectivity index (χ4v) is 8.26. The third kappa shape index (κ3) is 11.4. The quantitative estimate of drug-likeness (QED) is 0.0595. The van der Waals surface area contributed by atoms with Gasteiger partial charge in [0.2, 0.25) is 0 Å². The Hall–Kier alpha value is -7.37. The largest absolute Gasteiger partial charge is 0.399 e. The van der Waals surface area contributed by atoms with E-state index < -0.39 is 41.2 Å². The topological polar surface area (TPSA) is 203 Å². The van der Waals surface area contributed by atoms with E-state index >= 15 is 0 Å². The van der Waals surface area contributed by atoms with Crippen LogP contribution in [0.1, 0.15) is 109 Å². The lowest BCUT2D eigenvalue weighted by Gasteiger charge is -2.29. The third-order valence-corrected chi connectivity index (χ3v) is 11.6. The molecular formula is C46H43F3N8O7. The molecule has 4 N–H and O–H groups in total. The molecule has 0 aliphatic heterocycles. The molecule has 0 atom stereocenters. The summed E-state index contributed by atoms with van der Waals surface area (Å²) in [4.78, 5) is 50.9. The number of aromatic nitrogens is 4. The average molecular weight is 877 g/mol. The lowest BCUT2D eigenvalue weighted by Crippen LogP contribution is -2.22. The highest BCUT2D eigenvalue weighted by Crippen LogP contribution is 2.39. The number of rotatable bonds is 14. The number of amides is 2. The number of benzene rings is 4. The minimum atomic E-state index is -0.732. The van der Waals surface area contributed by atoms with E-state index in [1.807, 2.05) is 24.3 Å². The maximum absolute atomic E-state index is 13.9. The van der Waals surface area contributed by atoms with Crippen molar-refractivity contribution in [3.05, 3.63) is 131 Å². The number of esters is 2. The molecule has 2 aliphatic carbocycles. The zero-order chi connectivity index (χ0) is 44.6. The second kappa shape index (κ2) is 19.8. The van der Waals surface area contributed by atoms with Gasteiger partial charge in [-0.15, -0.1) is 10.2 Å². The van der Waals surface area contributed by atoms with Crippen molar-refractivity contribution in [3.8, 4) is 0 Å². The summed E-state index contributed by atoms with van der Waals surface area (Å²) in [5, 5.41) is 25.5. The van der Waals surface area contributed by atoms with Crippen LogP contribution in [0.25, 0.3) is 0 Å². The minimum Gasteiger partial charge on any atom is -0.399 e. The van der Waals surface area contributed by atoms with Crippen LogP contribution in [-0.2, 0) is 14.3 Å². The number of hydrogen-bond donors (Lipinski definition) is 4. The monoisotopic (exact) mass is 876 g/mol. The Kier molecular flexibility index (Phi) is 13.4. The molecule has 15 nitrogen and oxygen atoms in total. The van der Waals surface area contributed by atoms with Crippen LogP contribution in [-0.4, -0.2) is 44.1 Å². The number of ether oxygens (including phenoxy) is 1. The summed E-state index contributed by atoms with van der Waals surface area (Å²) in [6, 6.07) is 23.1. The Balaban J connectivity index is 0.708. The third-order valence-electron chi connectivity index (χ3n) is 11.6. The molecule has 330 valence electrons. The molecule has 6 aromatic rings. The van der Waals surface area contributed by atoms with E-state index in [9.17, 15) is 32.3 Å². The van der Waals surface area contributed by atoms with Gasteiger partial charge in [-0.3, -0.25) is 19.2 Å². The molecule has 64 heavy (non-hydrogen) atoms. The fraction of sp³-hybridized carbons (Fsp3) is 0.304. The van der Waals surface area contributed by atoms with Gasteiger partial charge < -0.3 is 34.8 Å². The summed E-state index contributed by atoms with van der Waals surface area (Å²) >= 11 is 0. The lowest BCUT2D eigenvalue weighted by atomic mass is 9.77. The number of carbonyl (C=O) groups is 4. The van der Waals surface area contributed by atoms with Gasteiger partial charge in [-0.1, -0.05) is 40.5 Å². The lowest BCUT2D eigenvalue weighted by molar-refractivity contribution is -0.161. The van der Waals surface area contributed by atoms with Gasteiger partial charge in [-0.25, -0.2) is 13.2 Å². The second-order valence-corrected chi connectivity index (χ2v) is 16.1. The van der Waals surface area contributed by atoms with Crippen molar-refractivity contribution in [2.24, 2.45) is 11.8 Å². The maximum atomic E-state index is 13.9. The number of hydrogen-bond acceptors (Lipinski definition) is 13. The van der Waals surface area contributed by atoms with E-state index in [2.05, 4.69) is 41.7 Å². The first kappa shape index (κ1) is 43.3. The summed E-state index contributed by atoms with van der Waals surface area (Å²) in [5.41, 5.74) is 3.46. The molecule has 0 radical (unpaired) electrons. The zero-order valence-electron chi connectivity index (χ0n) is 34.3. The first-order valence-corrected chi connectivity index (χ1v) is 21.0. The van der Waals surface area contributed by atoms with Gasteiger partial charge in [0.1, 0.15) is 17.5 Å². The Labute approximate surface area is 364 Å². The highest BCUT2D eigenvalue weighted by molar-refractivity contribution is 6.01. The average Bonchev–Trinajstić information content (AvgIpc) is 3.96. The van der Waals surface area contributed by atoms with E-state index in [0.717, 1.165) is 80.7 Å². The molecule has 0 unspecified atom stereocenters. The highest BCUT2D eigenvalue weighted by Gasteiger charge is 2.28. The van der Waals surface area contributed by atoms with Crippen molar-refractivity contribution in [2.75, 3.05) is 21.3 Å². The van der Waals surface area contributed by atoms with Gasteiger partial charge in [0.15, 0.2) is 0 Å². The molecule has 2 aromatic heterocycles. The molecule has 18 heteroatoms. The van der Waals surface area contributed by atoms with E-state index in [1.165, 1.54) is 18.2 Å². The summed E-state index contributed by atoms with van der Waals surface area (Å²) in [6.07, 6.45) is 7.16. The standard InChI is InChI=1S/C46H43F3N8O7/c47-32-2-1-3-36(24-32)52-45-56-54-43(63-45)41(60)50-34-17-12-30(13-18-34)28-8-4-26(5-9-28)22-39(58)62-40(59)23-27-6-10-29(11-7-27)31-14-19-35(20-15-31)51-42(61)44-55-57-46(64-44)53-38-25-33(48)16-21-37(38)49/h1-3,12-21,24-29H,4-11,22-23H2,(H,50,60)(H,51,61)(H,52,56)(H,53,57). The minimum absolute atomic E-state index is 0.0482. The summed E-state index contributed by atoms with van der Waals surface area (Å²) in [7, 11) is 0. The highest BCUT2D eigenvalue weighted by atomic mass is 19.1. The van der Waals surface area contributed by atoms with Crippen molar-refractivity contribution < 1.29 is 45.9 Å². The van der Waals surface area contributed by atoms with Crippen molar-refractivity contribution >= 4 is 58.5 Å². The summed E-state index contributed by atoms with van der Waals surface area (Å²) in [6.45, 7) is 0. The number of nitrogens with one attached hydrogen (secondary N) is 4. The first-order valence-electron chi connectivity index (χ1n) is 21.0. The van der Waals surface area contributed by atoms with Crippen LogP contribution >= 0.6 is 0 Å². The molecule has 0 bridgehead atoms. The van der Waals surface area contributed by atoms with Crippen molar-refractivity contribution in [3.63, 3.8) is 0 Å². The van der Waals surface area contributed by atoms with Crippen molar-refractivity contribution in [1.82, 2.24) is 20.4 Å². The van der Waals surface area contributed by atoms with Gasteiger partial charge in [0.25, 0.3) is 0 Å². The molecule has 0 saturated heterocycles. The molecule has 2 fully saturated rings. The molecule has 0 spiro atoms. The van der Waals surface area contributed by atoms with Gasteiger partial charge >= 0.3 is 47.6 Å². The van der Waals surface area contributed by atoms with Gasteiger partial charge in [-0.2, -0.15) is 0 Å². The fourth-order valence-electron chi connectivity index (χ4n) is 8.26. The molecule has 2 aliphatic rings. The van der Waals surface area contributed by atoms with Crippen LogP contribution < -0.4 is 21.3 Å². The Morgan fingerprint density at radius 2 is 1.03 bits per heavy atom. The SMILES string of the molecule is O=C(CC1CCC(c2ccc(NC(=O)c3nnc(Nc4cccc(F)c4)o3)cc2)CC1)OC(=O)CC1CCC(c2ccc(NC(=O)c3nnc(Nc4cc(F)ccc4F)o3)cc2)CC1. The van der Waals surface area contributed by atoms with Gasteiger partial charge in [0.05, 0.1) is 5.69 Å². The van der Waals surface area contributed by atoms with Crippen LogP contribution in [0, 0.1) is 29.3 Å². The molecule has 2 amide bonds. The van der Waals surface area contributed by atoms with Crippen LogP contribution in [0.15, 0.2) is 99.8 Å². The van der Waals surface area contributed by atoms with Crippen LogP contribution in [0.2, 0.25) is 0 Å². The summed E-state index contributed by atoms with van der Waals surface area (Å²) < 4.78 is 56.8. The zero-order valence-corrected chi connectivity index (χ0v) is 34.3. The smallest absolute Gasteiger partial charge is 0.320 e. The Morgan fingerprint density at radius 1 is 0.547 bits per heavy atom. The van der Waals surface area contributed by atoms with Crippen LogP contribution in [0.3, 0.4) is 0 Å².